The van der Waals surface area contributed by atoms with E-state index in [-0.39, 0.29) is 30.3 Å². The Morgan fingerprint density at radius 1 is 0.950 bits per heavy atom. The molecule has 0 aliphatic rings. The number of ether oxygens (including phenoxy) is 2. The third kappa shape index (κ3) is 7.75. The van der Waals surface area contributed by atoms with Crippen molar-refractivity contribution in [3.8, 4) is 11.5 Å². The van der Waals surface area contributed by atoms with E-state index in [0.29, 0.717) is 12.3 Å². The van der Waals surface area contributed by atoms with E-state index in [9.17, 15) is 18.0 Å². The number of nitrogens with zero attached hydrogens (tertiary/aromatic N) is 2. The highest BCUT2D eigenvalue weighted by atomic mass is 32.2. The van der Waals surface area contributed by atoms with E-state index in [0.717, 1.165) is 27.3 Å². The zero-order chi connectivity index (χ0) is 29.3. The van der Waals surface area contributed by atoms with Crippen LogP contribution in [0.3, 0.4) is 0 Å². The van der Waals surface area contributed by atoms with Crippen molar-refractivity contribution in [1.29, 1.82) is 0 Å². The van der Waals surface area contributed by atoms with Crippen molar-refractivity contribution in [2.45, 2.75) is 32.9 Å². The van der Waals surface area contributed by atoms with Crippen LogP contribution < -0.4 is 19.1 Å². The second-order valence-corrected chi connectivity index (χ2v) is 11.3. The van der Waals surface area contributed by atoms with E-state index in [4.69, 9.17) is 9.47 Å². The summed E-state index contributed by atoms with van der Waals surface area (Å²) in [5.41, 5.74) is 2.83. The van der Waals surface area contributed by atoms with Gasteiger partial charge in [-0.1, -0.05) is 54.6 Å². The molecule has 3 rings (SSSR count). The SMILES string of the molecule is CCNC(=O)[C@H](Cc1ccccc1)N(Cc1ccccc1C)C(=O)CN(c1cc(OC)ccc1OC)S(C)(=O)=O. The Kier molecular flexibility index (Phi) is 10.6. The maximum Gasteiger partial charge on any atom is 0.244 e. The van der Waals surface area contributed by atoms with Gasteiger partial charge in [0.15, 0.2) is 0 Å². The number of amides is 2. The molecule has 1 atom stereocenters. The molecule has 2 amide bonds. The van der Waals surface area contributed by atoms with Crippen LogP contribution in [-0.2, 0) is 32.6 Å². The van der Waals surface area contributed by atoms with E-state index in [2.05, 4.69) is 5.32 Å². The number of carbonyl (C=O) groups excluding carboxylic acids is 2. The number of hydrogen-bond donors (Lipinski definition) is 1. The topological polar surface area (TPSA) is 105 Å². The molecular weight excluding hydrogens is 530 g/mol. The Morgan fingerprint density at radius 2 is 1.62 bits per heavy atom. The van der Waals surface area contributed by atoms with Gasteiger partial charge in [0.2, 0.25) is 21.8 Å². The highest BCUT2D eigenvalue weighted by Gasteiger charge is 2.34. The van der Waals surface area contributed by atoms with Gasteiger partial charge in [-0.25, -0.2) is 8.42 Å². The van der Waals surface area contributed by atoms with Crippen LogP contribution >= 0.6 is 0 Å². The molecule has 9 nitrogen and oxygen atoms in total. The van der Waals surface area contributed by atoms with Crippen LogP contribution in [0.25, 0.3) is 0 Å². The lowest BCUT2D eigenvalue weighted by molar-refractivity contribution is -0.140. The Bertz CT molecular complexity index is 1410. The molecule has 0 aliphatic carbocycles. The van der Waals surface area contributed by atoms with Crippen LogP contribution in [0.15, 0.2) is 72.8 Å². The minimum atomic E-state index is -3.95. The number of benzene rings is 3. The summed E-state index contributed by atoms with van der Waals surface area (Å²) in [5, 5.41) is 2.85. The highest BCUT2D eigenvalue weighted by Crippen LogP contribution is 2.34. The standard InChI is InChI=1S/C30H37N3O6S/c1-6-31-30(35)27(18-23-13-8-7-9-14-23)32(20-24-15-11-10-12-22(24)2)29(34)21-33(40(5,36)37)26-19-25(38-3)16-17-28(26)39-4/h7-17,19,27H,6,18,20-21H2,1-5H3,(H,31,35)/t27-/m0/s1. The number of hydrogen-bond acceptors (Lipinski definition) is 6. The molecule has 40 heavy (non-hydrogen) atoms. The average molecular weight is 568 g/mol. The zero-order valence-electron chi connectivity index (χ0n) is 23.6. The monoisotopic (exact) mass is 567 g/mol. The number of carbonyl (C=O) groups is 2. The predicted octanol–water partition coefficient (Wildman–Crippen LogP) is 3.55. The van der Waals surface area contributed by atoms with Crippen LogP contribution in [0.2, 0.25) is 0 Å². The summed E-state index contributed by atoms with van der Waals surface area (Å²) >= 11 is 0. The van der Waals surface area contributed by atoms with Crippen LogP contribution in [0.5, 0.6) is 11.5 Å². The van der Waals surface area contributed by atoms with Crippen molar-refractivity contribution in [2.24, 2.45) is 0 Å². The second kappa shape index (κ2) is 13.8. The quantitative estimate of drug-likeness (QED) is 0.339. The number of likely N-dealkylation sites (N-methyl/N-ethyl adjacent to an activating group) is 1. The molecule has 0 aliphatic heterocycles. The molecule has 0 saturated heterocycles. The number of anilines is 1. The smallest absolute Gasteiger partial charge is 0.244 e. The van der Waals surface area contributed by atoms with Crippen LogP contribution in [0, 0.1) is 6.92 Å². The van der Waals surface area contributed by atoms with Crippen LogP contribution in [-0.4, -0.2) is 64.7 Å². The van der Waals surface area contributed by atoms with Gasteiger partial charge in [0.25, 0.3) is 0 Å². The van der Waals surface area contributed by atoms with Crippen molar-refractivity contribution in [2.75, 3.05) is 37.9 Å². The average Bonchev–Trinajstić information content (AvgIpc) is 2.94. The molecule has 0 aromatic heterocycles. The molecule has 0 fully saturated rings. The number of nitrogens with one attached hydrogen (secondary N) is 1. The lowest BCUT2D eigenvalue weighted by Gasteiger charge is -2.34. The highest BCUT2D eigenvalue weighted by molar-refractivity contribution is 7.92. The fourth-order valence-corrected chi connectivity index (χ4v) is 5.25. The van der Waals surface area contributed by atoms with Gasteiger partial charge in [-0.05, 0) is 42.7 Å². The van der Waals surface area contributed by atoms with Gasteiger partial charge in [0.1, 0.15) is 24.1 Å². The predicted molar refractivity (Wildman–Crippen MR) is 156 cm³/mol. The summed E-state index contributed by atoms with van der Waals surface area (Å²) in [4.78, 5) is 29.0. The molecule has 1 N–H and O–H groups in total. The molecule has 3 aromatic rings. The molecule has 10 heteroatoms. The van der Waals surface area contributed by atoms with E-state index < -0.39 is 28.5 Å². The molecule has 0 spiro atoms. The van der Waals surface area contributed by atoms with E-state index in [1.165, 1.54) is 25.2 Å². The van der Waals surface area contributed by atoms with Crippen molar-refractivity contribution >= 4 is 27.5 Å². The summed E-state index contributed by atoms with van der Waals surface area (Å²) < 4.78 is 37.8. The Labute approximate surface area is 236 Å². The third-order valence-corrected chi connectivity index (χ3v) is 7.68. The van der Waals surface area contributed by atoms with Gasteiger partial charge in [0.05, 0.1) is 26.2 Å². The van der Waals surface area contributed by atoms with Gasteiger partial charge in [-0.15, -0.1) is 0 Å². The summed E-state index contributed by atoms with van der Waals surface area (Å²) in [6, 6.07) is 20.8. The molecule has 0 radical (unpaired) electrons. The first-order valence-electron chi connectivity index (χ1n) is 12.9. The van der Waals surface area contributed by atoms with Crippen molar-refractivity contribution in [3.05, 3.63) is 89.5 Å². The maximum atomic E-state index is 14.2. The summed E-state index contributed by atoms with van der Waals surface area (Å²) in [7, 11) is -1.07. The largest absolute Gasteiger partial charge is 0.497 e. The molecule has 0 saturated carbocycles. The lowest BCUT2D eigenvalue weighted by atomic mass is 10.0. The summed E-state index contributed by atoms with van der Waals surface area (Å²) in [6.45, 7) is 3.70. The Morgan fingerprint density at radius 3 is 2.23 bits per heavy atom. The van der Waals surface area contributed by atoms with Gasteiger partial charge < -0.3 is 19.7 Å². The van der Waals surface area contributed by atoms with Crippen molar-refractivity contribution in [1.82, 2.24) is 10.2 Å². The van der Waals surface area contributed by atoms with Crippen LogP contribution in [0.1, 0.15) is 23.6 Å². The lowest BCUT2D eigenvalue weighted by Crippen LogP contribution is -2.53. The maximum absolute atomic E-state index is 14.2. The number of aryl methyl sites for hydroxylation is 1. The van der Waals surface area contributed by atoms with Gasteiger partial charge in [0, 0.05) is 25.6 Å². The molecular formula is C30H37N3O6S. The minimum Gasteiger partial charge on any atom is -0.497 e. The summed E-state index contributed by atoms with van der Waals surface area (Å²) in [5.74, 6) is -0.198. The molecule has 0 bridgehead atoms. The van der Waals surface area contributed by atoms with E-state index >= 15 is 0 Å². The van der Waals surface area contributed by atoms with Crippen LogP contribution in [0.4, 0.5) is 5.69 Å². The molecule has 0 unspecified atom stereocenters. The van der Waals surface area contributed by atoms with E-state index in [1.807, 2.05) is 68.4 Å². The zero-order valence-corrected chi connectivity index (χ0v) is 24.4. The Hall–Kier alpha value is -4.05. The second-order valence-electron chi connectivity index (χ2n) is 9.36. The molecule has 0 heterocycles. The fourth-order valence-electron chi connectivity index (χ4n) is 4.40. The number of sulfonamides is 1. The van der Waals surface area contributed by atoms with Gasteiger partial charge >= 0.3 is 0 Å². The molecule has 3 aromatic carbocycles. The number of methoxy groups -OCH3 is 2. The summed E-state index contributed by atoms with van der Waals surface area (Å²) in [6.07, 6.45) is 1.28. The van der Waals surface area contributed by atoms with E-state index in [1.54, 1.807) is 12.1 Å². The number of rotatable bonds is 13. The first-order valence-corrected chi connectivity index (χ1v) is 14.8. The first-order chi connectivity index (χ1) is 19.1. The minimum absolute atomic E-state index is 0.118. The fraction of sp³-hybridized carbons (Fsp3) is 0.333. The Balaban J connectivity index is 2.10. The van der Waals surface area contributed by atoms with Crippen molar-refractivity contribution < 1.29 is 27.5 Å². The molecule has 214 valence electrons. The van der Waals surface area contributed by atoms with Gasteiger partial charge in [-0.2, -0.15) is 0 Å². The van der Waals surface area contributed by atoms with Gasteiger partial charge in [-0.3, -0.25) is 13.9 Å². The first kappa shape index (κ1) is 30.5. The third-order valence-electron chi connectivity index (χ3n) is 6.56. The van der Waals surface area contributed by atoms with Crippen molar-refractivity contribution in [3.63, 3.8) is 0 Å². The normalized spacial score (nSPS) is 11.8.